The zero-order valence-corrected chi connectivity index (χ0v) is 9.85. The number of halogens is 2. The maximum atomic E-state index is 13.7. The maximum absolute atomic E-state index is 13.7. The second-order valence-electron chi connectivity index (χ2n) is 4.42. The van der Waals surface area contributed by atoms with Crippen LogP contribution in [0.2, 0.25) is 0 Å². The quantitative estimate of drug-likeness (QED) is 0.844. The predicted molar refractivity (Wildman–Crippen MR) is 61.0 cm³/mol. The topological polar surface area (TPSA) is 83.6 Å². The summed E-state index contributed by atoms with van der Waals surface area (Å²) >= 11 is 0. The molecule has 2 rings (SSSR count). The maximum Gasteiger partial charge on any atom is 0.331 e. The summed E-state index contributed by atoms with van der Waals surface area (Å²) in [6.07, 6.45) is 0.0204. The lowest BCUT2D eigenvalue weighted by molar-refractivity contribution is -0.148. The fourth-order valence-electron chi connectivity index (χ4n) is 2.17. The summed E-state index contributed by atoms with van der Waals surface area (Å²) in [6, 6.07) is 0.612. The molecule has 7 heteroatoms. The minimum absolute atomic E-state index is 0.0204. The van der Waals surface area contributed by atoms with Gasteiger partial charge in [0, 0.05) is 30.6 Å². The molecule has 0 bridgehead atoms. The van der Waals surface area contributed by atoms with Crippen LogP contribution in [-0.2, 0) is 9.59 Å². The van der Waals surface area contributed by atoms with Crippen LogP contribution < -0.4 is 5.73 Å². The first kappa shape index (κ1) is 13.4. The van der Waals surface area contributed by atoms with E-state index in [1.165, 1.54) is 0 Å². The van der Waals surface area contributed by atoms with Crippen molar-refractivity contribution in [1.82, 2.24) is 4.90 Å². The summed E-state index contributed by atoms with van der Waals surface area (Å²) in [7, 11) is 0. The molecule has 0 aromatic heterocycles. The highest BCUT2D eigenvalue weighted by molar-refractivity contribution is 5.86. The molecule has 1 aliphatic heterocycles. The zero-order chi connectivity index (χ0) is 14.2. The number of carboxylic acids is 1. The largest absolute Gasteiger partial charge is 0.479 e. The number of benzene rings is 1. The van der Waals surface area contributed by atoms with Gasteiger partial charge in [-0.05, 0) is 6.07 Å². The average Bonchev–Trinajstić information content (AvgIpc) is 2.61. The number of hydrogen-bond acceptors (Lipinski definition) is 3. The van der Waals surface area contributed by atoms with Gasteiger partial charge in [-0.3, -0.25) is 4.79 Å². The van der Waals surface area contributed by atoms with Crippen LogP contribution in [-0.4, -0.2) is 34.5 Å². The van der Waals surface area contributed by atoms with Gasteiger partial charge < -0.3 is 15.7 Å². The summed E-state index contributed by atoms with van der Waals surface area (Å²) < 4.78 is 26.5. The Hall–Kier alpha value is -2.02. The van der Waals surface area contributed by atoms with Crippen molar-refractivity contribution in [3.63, 3.8) is 0 Å². The van der Waals surface area contributed by atoms with E-state index in [-0.39, 0.29) is 18.5 Å². The van der Waals surface area contributed by atoms with Crippen LogP contribution in [0.25, 0.3) is 0 Å². The number of hydrogen-bond donors (Lipinski definition) is 2. The van der Waals surface area contributed by atoms with Gasteiger partial charge in [-0.1, -0.05) is 6.07 Å². The van der Waals surface area contributed by atoms with Crippen molar-refractivity contribution >= 4 is 11.9 Å². The fourth-order valence-corrected chi connectivity index (χ4v) is 2.17. The number of rotatable bonds is 3. The van der Waals surface area contributed by atoms with Crippen molar-refractivity contribution in [2.75, 3.05) is 6.54 Å². The normalized spacial score (nSPS) is 20.7. The molecule has 5 nitrogen and oxygen atoms in total. The van der Waals surface area contributed by atoms with E-state index in [1.54, 1.807) is 0 Å². The van der Waals surface area contributed by atoms with Crippen molar-refractivity contribution < 1.29 is 23.5 Å². The number of carboxylic acid groups (broad SMARTS) is 1. The van der Waals surface area contributed by atoms with Crippen molar-refractivity contribution in [3.05, 3.63) is 35.4 Å². The molecule has 1 aliphatic rings. The molecule has 102 valence electrons. The average molecular weight is 270 g/mol. The molecule has 2 atom stereocenters. The molecule has 0 saturated carbocycles. The lowest BCUT2D eigenvalue weighted by atomic mass is 10.0. The molecule has 0 radical (unpaired) electrons. The Morgan fingerprint density at radius 3 is 2.63 bits per heavy atom. The molecule has 1 aromatic carbocycles. The van der Waals surface area contributed by atoms with Crippen LogP contribution in [0.4, 0.5) is 8.78 Å². The summed E-state index contributed by atoms with van der Waals surface area (Å²) in [5.41, 5.74) is 5.33. The van der Waals surface area contributed by atoms with Crippen molar-refractivity contribution in [3.8, 4) is 0 Å². The summed E-state index contributed by atoms with van der Waals surface area (Å²) in [4.78, 5) is 24.0. The number of nitrogens with zero attached hydrogens (tertiary/aromatic N) is 1. The zero-order valence-electron chi connectivity index (χ0n) is 9.85. The molecular formula is C12H12F2N2O3. The first-order valence-electron chi connectivity index (χ1n) is 5.63. The molecular weight excluding hydrogens is 258 g/mol. The molecule has 3 N–H and O–H groups in total. The minimum atomic E-state index is -1.48. The first-order chi connectivity index (χ1) is 8.90. The molecule has 1 heterocycles. The van der Waals surface area contributed by atoms with Gasteiger partial charge in [-0.15, -0.1) is 0 Å². The van der Waals surface area contributed by atoms with Gasteiger partial charge in [0.15, 0.2) is 6.04 Å². The second-order valence-corrected chi connectivity index (χ2v) is 4.42. The second kappa shape index (κ2) is 4.93. The highest BCUT2D eigenvalue weighted by Gasteiger charge is 2.38. The van der Waals surface area contributed by atoms with E-state index in [0.29, 0.717) is 6.07 Å². The summed E-state index contributed by atoms with van der Waals surface area (Å²) in [5, 5.41) is 9.19. The molecule has 0 aliphatic carbocycles. The Morgan fingerprint density at radius 2 is 2.16 bits per heavy atom. The van der Waals surface area contributed by atoms with Gasteiger partial charge in [-0.2, -0.15) is 0 Å². The minimum Gasteiger partial charge on any atom is -0.479 e. The SMILES string of the molecule is NC1CC(=O)N(C(C(=O)O)c2ccc(F)cc2F)C1. The number of nitrogens with two attached hydrogens (primary N) is 1. The van der Waals surface area contributed by atoms with Crippen LogP contribution in [0.15, 0.2) is 18.2 Å². The van der Waals surface area contributed by atoms with Crippen LogP contribution in [0.3, 0.4) is 0 Å². The lowest BCUT2D eigenvalue weighted by Crippen LogP contribution is -2.37. The van der Waals surface area contributed by atoms with Crippen LogP contribution >= 0.6 is 0 Å². The van der Waals surface area contributed by atoms with Gasteiger partial charge in [0.2, 0.25) is 5.91 Å². The molecule has 1 fully saturated rings. The Bertz CT molecular complexity index is 536. The highest BCUT2D eigenvalue weighted by atomic mass is 19.1. The van der Waals surface area contributed by atoms with Crippen LogP contribution in [0, 0.1) is 11.6 Å². The number of aliphatic carboxylic acids is 1. The van der Waals surface area contributed by atoms with E-state index in [1.807, 2.05) is 0 Å². The number of likely N-dealkylation sites (tertiary alicyclic amines) is 1. The van der Waals surface area contributed by atoms with E-state index in [0.717, 1.165) is 17.0 Å². The predicted octanol–water partition coefficient (Wildman–Crippen LogP) is 0.650. The van der Waals surface area contributed by atoms with Gasteiger partial charge in [0.25, 0.3) is 0 Å². The van der Waals surface area contributed by atoms with E-state index in [9.17, 15) is 23.5 Å². The molecule has 0 spiro atoms. The van der Waals surface area contributed by atoms with Crippen molar-refractivity contribution in [2.24, 2.45) is 5.73 Å². The number of carbonyl (C=O) groups is 2. The monoisotopic (exact) mass is 270 g/mol. The van der Waals surface area contributed by atoms with Crippen LogP contribution in [0.5, 0.6) is 0 Å². The Kier molecular flexibility index (Phi) is 3.48. The van der Waals surface area contributed by atoms with E-state index in [4.69, 9.17) is 5.73 Å². The van der Waals surface area contributed by atoms with Crippen LogP contribution in [0.1, 0.15) is 18.0 Å². The third kappa shape index (κ3) is 2.55. The number of carbonyl (C=O) groups excluding carboxylic acids is 1. The van der Waals surface area contributed by atoms with Crippen molar-refractivity contribution in [2.45, 2.75) is 18.5 Å². The highest BCUT2D eigenvalue weighted by Crippen LogP contribution is 2.28. The molecule has 1 amide bonds. The van der Waals surface area contributed by atoms with E-state index in [2.05, 4.69) is 0 Å². The standard InChI is InChI=1S/C12H12F2N2O3/c13-6-1-2-8(9(14)3-6)11(12(18)19)16-5-7(15)4-10(16)17/h1-3,7,11H,4-5,15H2,(H,18,19). The van der Waals surface area contributed by atoms with Gasteiger partial charge in [-0.25, -0.2) is 13.6 Å². The Labute approximate surface area is 107 Å². The lowest BCUT2D eigenvalue weighted by Gasteiger charge is -2.25. The van der Waals surface area contributed by atoms with Gasteiger partial charge >= 0.3 is 5.97 Å². The van der Waals surface area contributed by atoms with E-state index < -0.39 is 35.6 Å². The fraction of sp³-hybridized carbons (Fsp3) is 0.333. The van der Waals surface area contributed by atoms with Gasteiger partial charge in [0.05, 0.1) is 0 Å². The number of amides is 1. The van der Waals surface area contributed by atoms with Crippen molar-refractivity contribution in [1.29, 1.82) is 0 Å². The Morgan fingerprint density at radius 1 is 1.47 bits per heavy atom. The summed E-state index contributed by atoms with van der Waals surface area (Å²) in [5.74, 6) is -3.65. The first-order valence-corrected chi connectivity index (χ1v) is 5.63. The third-order valence-electron chi connectivity index (χ3n) is 2.99. The Balaban J connectivity index is 2.41. The molecule has 1 aromatic rings. The van der Waals surface area contributed by atoms with E-state index >= 15 is 0 Å². The van der Waals surface area contributed by atoms with Gasteiger partial charge in [0.1, 0.15) is 11.6 Å². The third-order valence-corrected chi connectivity index (χ3v) is 2.99. The summed E-state index contributed by atoms with van der Waals surface area (Å²) in [6.45, 7) is 0.0343. The smallest absolute Gasteiger partial charge is 0.331 e. The molecule has 19 heavy (non-hydrogen) atoms. The molecule has 1 saturated heterocycles. The molecule has 2 unspecified atom stereocenters.